The van der Waals surface area contributed by atoms with E-state index in [9.17, 15) is 13.6 Å². The molecule has 1 aliphatic heterocycles. The van der Waals surface area contributed by atoms with Crippen molar-refractivity contribution in [3.05, 3.63) is 35.4 Å². The number of benzene rings is 1. The number of hydrogen-bond donors (Lipinski definition) is 2. The number of hydrogen-bond acceptors (Lipinski definition) is 2. The lowest BCUT2D eigenvalue weighted by molar-refractivity contribution is 0.0939. The maximum Gasteiger partial charge on any atom is 0.251 e. The van der Waals surface area contributed by atoms with Crippen molar-refractivity contribution in [1.82, 2.24) is 10.6 Å². The van der Waals surface area contributed by atoms with Gasteiger partial charge < -0.3 is 10.6 Å². The molecule has 86 valence electrons. The Labute approximate surface area is 91.8 Å². The summed E-state index contributed by atoms with van der Waals surface area (Å²) in [5, 5.41) is 5.85. The van der Waals surface area contributed by atoms with Gasteiger partial charge in [0.1, 0.15) is 0 Å². The minimum absolute atomic E-state index is 0.0700. The average molecular weight is 226 g/mol. The molecule has 1 saturated heterocycles. The van der Waals surface area contributed by atoms with Crippen molar-refractivity contribution >= 4 is 5.91 Å². The molecule has 1 atom stereocenters. The van der Waals surface area contributed by atoms with Gasteiger partial charge >= 0.3 is 0 Å². The Kier molecular flexibility index (Phi) is 3.14. The van der Waals surface area contributed by atoms with Gasteiger partial charge in [-0.3, -0.25) is 4.79 Å². The van der Waals surface area contributed by atoms with Crippen LogP contribution in [0.4, 0.5) is 8.78 Å². The first-order valence-corrected chi connectivity index (χ1v) is 5.13. The minimum atomic E-state index is -1.00. The normalized spacial score (nSPS) is 19.8. The smallest absolute Gasteiger partial charge is 0.251 e. The Balaban J connectivity index is 2.05. The van der Waals surface area contributed by atoms with Gasteiger partial charge in [-0.1, -0.05) is 0 Å². The van der Waals surface area contributed by atoms with Gasteiger partial charge in [0.2, 0.25) is 0 Å². The lowest BCUT2D eigenvalue weighted by Crippen LogP contribution is -2.36. The molecule has 1 aromatic rings. The average Bonchev–Trinajstić information content (AvgIpc) is 2.74. The fourth-order valence-corrected chi connectivity index (χ4v) is 1.68. The maximum atomic E-state index is 12.9. The van der Waals surface area contributed by atoms with Crippen LogP contribution in [0.2, 0.25) is 0 Å². The first kappa shape index (κ1) is 11.0. The molecule has 5 heteroatoms. The topological polar surface area (TPSA) is 41.1 Å². The van der Waals surface area contributed by atoms with Gasteiger partial charge in [-0.25, -0.2) is 8.78 Å². The van der Waals surface area contributed by atoms with Gasteiger partial charge in [-0.05, 0) is 31.2 Å². The minimum Gasteiger partial charge on any atom is -0.348 e. The Hall–Kier alpha value is -1.49. The zero-order valence-electron chi connectivity index (χ0n) is 8.59. The summed E-state index contributed by atoms with van der Waals surface area (Å²) in [6.45, 7) is 1.58. The molecule has 2 rings (SSSR count). The predicted molar refractivity (Wildman–Crippen MR) is 55.1 cm³/mol. The van der Waals surface area contributed by atoms with Gasteiger partial charge in [0.05, 0.1) is 0 Å². The highest BCUT2D eigenvalue weighted by Crippen LogP contribution is 2.09. The first-order chi connectivity index (χ1) is 7.66. The maximum absolute atomic E-state index is 12.9. The number of nitrogens with one attached hydrogen (secondary N) is 2. The molecule has 0 aromatic heterocycles. The highest BCUT2D eigenvalue weighted by Gasteiger charge is 2.18. The van der Waals surface area contributed by atoms with Crippen LogP contribution in [-0.4, -0.2) is 25.0 Å². The Morgan fingerprint density at radius 3 is 2.81 bits per heavy atom. The van der Waals surface area contributed by atoms with Crippen molar-refractivity contribution in [2.24, 2.45) is 0 Å². The summed E-state index contributed by atoms with van der Waals surface area (Å²) in [5.74, 6) is -2.32. The van der Waals surface area contributed by atoms with Crippen molar-refractivity contribution in [3.63, 3.8) is 0 Å². The molecule has 1 aliphatic rings. The van der Waals surface area contributed by atoms with Crippen molar-refractivity contribution < 1.29 is 13.6 Å². The van der Waals surface area contributed by atoms with Crippen LogP contribution in [0.15, 0.2) is 18.2 Å². The monoisotopic (exact) mass is 226 g/mol. The molecule has 1 aromatic carbocycles. The number of halogens is 2. The van der Waals surface area contributed by atoms with E-state index in [1.807, 2.05) is 0 Å². The Bertz CT molecular complexity index is 403. The molecule has 0 aliphatic carbocycles. The number of amides is 1. The van der Waals surface area contributed by atoms with E-state index >= 15 is 0 Å². The second-order valence-electron chi connectivity index (χ2n) is 3.79. The van der Waals surface area contributed by atoms with Crippen LogP contribution >= 0.6 is 0 Å². The largest absolute Gasteiger partial charge is 0.348 e. The van der Waals surface area contributed by atoms with E-state index in [2.05, 4.69) is 10.6 Å². The summed E-state index contributed by atoms with van der Waals surface area (Å²) >= 11 is 0. The van der Waals surface area contributed by atoms with Crippen LogP contribution in [0.3, 0.4) is 0 Å². The molecule has 1 amide bonds. The van der Waals surface area contributed by atoms with E-state index < -0.39 is 11.6 Å². The molecule has 2 N–H and O–H groups in total. The number of carbonyl (C=O) groups is 1. The van der Waals surface area contributed by atoms with Crippen molar-refractivity contribution in [1.29, 1.82) is 0 Å². The zero-order chi connectivity index (χ0) is 11.5. The predicted octanol–water partition coefficient (Wildman–Crippen LogP) is 1.06. The van der Waals surface area contributed by atoms with Crippen molar-refractivity contribution in [3.8, 4) is 0 Å². The van der Waals surface area contributed by atoms with Crippen LogP contribution in [0.5, 0.6) is 0 Å². The molecule has 16 heavy (non-hydrogen) atoms. The van der Waals surface area contributed by atoms with Crippen LogP contribution in [0, 0.1) is 11.6 Å². The summed E-state index contributed by atoms with van der Waals surface area (Å²) in [5.41, 5.74) is 0.144. The molecule has 0 radical (unpaired) electrons. The van der Waals surface area contributed by atoms with Gasteiger partial charge in [0.15, 0.2) is 11.6 Å². The molecule has 1 fully saturated rings. The van der Waals surface area contributed by atoms with E-state index in [1.54, 1.807) is 0 Å². The third-order valence-electron chi connectivity index (χ3n) is 2.58. The third kappa shape index (κ3) is 2.36. The van der Waals surface area contributed by atoms with Crippen LogP contribution in [0.1, 0.15) is 16.8 Å². The SMILES string of the molecule is O=C(N[C@@H]1CCNC1)c1ccc(F)c(F)c1. The van der Waals surface area contributed by atoms with Crippen LogP contribution in [0.25, 0.3) is 0 Å². The summed E-state index contributed by atoms with van der Waals surface area (Å²) in [7, 11) is 0. The highest BCUT2D eigenvalue weighted by atomic mass is 19.2. The van der Waals surface area contributed by atoms with Crippen LogP contribution in [-0.2, 0) is 0 Å². The molecule has 0 bridgehead atoms. The number of carbonyl (C=O) groups excluding carboxylic acids is 1. The van der Waals surface area contributed by atoms with E-state index in [4.69, 9.17) is 0 Å². The summed E-state index contributed by atoms with van der Waals surface area (Å²) in [4.78, 5) is 11.6. The second-order valence-corrected chi connectivity index (χ2v) is 3.79. The fraction of sp³-hybridized carbons (Fsp3) is 0.364. The molecule has 0 spiro atoms. The van der Waals surface area contributed by atoms with E-state index in [0.717, 1.165) is 31.6 Å². The van der Waals surface area contributed by atoms with Gasteiger partial charge in [0, 0.05) is 18.2 Å². The molecule has 0 unspecified atom stereocenters. The third-order valence-corrected chi connectivity index (χ3v) is 2.58. The molecular formula is C11H12F2N2O. The Morgan fingerprint density at radius 1 is 1.38 bits per heavy atom. The van der Waals surface area contributed by atoms with Crippen molar-refractivity contribution in [2.75, 3.05) is 13.1 Å². The lowest BCUT2D eigenvalue weighted by Gasteiger charge is -2.11. The van der Waals surface area contributed by atoms with Crippen molar-refractivity contribution in [2.45, 2.75) is 12.5 Å². The fourth-order valence-electron chi connectivity index (χ4n) is 1.68. The van der Waals surface area contributed by atoms with Gasteiger partial charge in [0.25, 0.3) is 5.91 Å². The van der Waals surface area contributed by atoms with Gasteiger partial charge in [-0.2, -0.15) is 0 Å². The van der Waals surface area contributed by atoms with E-state index in [1.165, 1.54) is 6.07 Å². The second kappa shape index (κ2) is 4.57. The van der Waals surface area contributed by atoms with E-state index in [-0.39, 0.29) is 17.5 Å². The number of rotatable bonds is 2. The zero-order valence-corrected chi connectivity index (χ0v) is 8.59. The standard InChI is InChI=1S/C11H12F2N2O/c12-9-2-1-7(5-10(9)13)11(16)15-8-3-4-14-6-8/h1-2,5,8,14H,3-4,6H2,(H,15,16)/t8-/m1/s1. The Morgan fingerprint density at radius 2 is 2.19 bits per heavy atom. The molecule has 0 saturated carbocycles. The quantitative estimate of drug-likeness (QED) is 0.791. The molecule has 3 nitrogen and oxygen atoms in total. The summed E-state index contributed by atoms with van der Waals surface area (Å²) in [6, 6.07) is 3.21. The summed E-state index contributed by atoms with van der Waals surface area (Å²) in [6.07, 6.45) is 0.857. The molecular weight excluding hydrogens is 214 g/mol. The van der Waals surface area contributed by atoms with E-state index in [0.29, 0.717) is 0 Å². The van der Waals surface area contributed by atoms with Crippen LogP contribution < -0.4 is 10.6 Å². The molecule has 1 heterocycles. The summed E-state index contributed by atoms with van der Waals surface area (Å²) < 4.78 is 25.5. The first-order valence-electron chi connectivity index (χ1n) is 5.13. The highest BCUT2D eigenvalue weighted by molar-refractivity contribution is 5.94. The lowest BCUT2D eigenvalue weighted by atomic mass is 10.1. The van der Waals surface area contributed by atoms with Gasteiger partial charge in [-0.15, -0.1) is 0 Å².